The third kappa shape index (κ3) is 2.19. The molecule has 1 fully saturated rings. The Bertz CT molecular complexity index is 801. The average Bonchev–Trinajstić information content (AvgIpc) is 3.25. The zero-order valence-electron chi connectivity index (χ0n) is 12.1. The molecular formula is C18H18N2O. The smallest absolute Gasteiger partial charge is 0.199 e. The van der Waals surface area contributed by atoms with Crippen LogP contribution in [-0.4, -0.2) is 14.7 Å². The van der Waals surface area contributed by atoms with Crippen molar-refractivity contribution in [3.8, 4) is 17.0 Å². The van der Waals surface area contributed by atoms with E-state index in [4.69, 9.17) is 0 Å². The molecule has 0 atom stereocenters. The van der Waals surface area contributed by atoms with E-state index in [0.717, 1.165) is 39.9 Å². The van der Waals surface area contributed by atoms with Gasteiger partial charge in [-0.05, 0) is 48.9 Å². The van der Waals surface area contributed by atoms with Crippen LogP contribution in [0.1, 0.15) is 18.4 Å². The third-order valence-corrected chi connectivity index (χ3v) is 4.30. The van der Waals surface area contributed by atoms with Crippen LogP contribution >= 0.6 is 0 Å². The Hall–Kier alpha value is -2.29. The lowest BCUT2D eigenvalue weighted by Crippen LogP contribution is -1.96. The fraction of sp³-hybridized carbons (Fsp3) is 0.278. The van der Waals surface area contributed by atoms with E-state index in [1.807, 2.05) is 16.8 Å². The molecule has 0 aliphatic heterocycles. The number of hydrogen-bond donors (Lipinski definition) is 1. The molecule has 1 aliphatic carbocycles. The molecule has 0 bridgehead atoms. The van der Waals surface area contributed by atoms with E-state index in [2.05, 4.69) is 36.3 Å². The van der Waals surface area contributed by atoms with Gasteiger partial charge in [0.25, 0.3) is 0 Å². The molecule has 2 aromatic heterocycles. The molecule has 3 nitrogen and oxygen atoms in total. The van der Waals surface area contributed by atoms with Gasteiger partial charge in [-0.15, -0.1) is 0 Å². The quantitative estimate of drug-likeness (QED) is 0.782. The van der Waals surface area contributed by atoms with Crippen molar-refractivity contribution < 1.29 is 5.11 Å². The molecule has 0 radical (unpaired) electrons. The van der Waals surface area contributed by atoms with Crippen molar-refractivity contribution in [2.24, 2.45) is 5.92 Å². The Balaban J connectivity index is 1.85. The largest absolute Gasteiger partial charge is 0.494 e. The van der Waals surface area contributed by atoms with Crippen LogP contribution < -0.4 is 0 Å². The first-order valence-corrected chi connectivity index (χ1v) is 7.45. The Morgan fingerprint density at radius 1 is 1.29 bits per heavy atom. The van der Waals surface area contributed by atoms with Gasteiger partial charge in [-0.2, -0.15) is 0 Å². The minimum atomic E-state index is 0.409. The minimum absolute atomic E-state index is 0.409. The van der Waals surface area contributed by atoms with Crippen molar-refractivity contribution >= 4 is 10.8 Å². The molecule has 3 heteroatoms. The van der Waals surface area contributed by atoms with Crippen LogP contribution in [0.2, 0.25) is 0 Å². The maximum Gasteiger partial charge on any atom is 0.199 e. The first-order chi connectivity index (χ1) is 10.2. The summed E-state index contributed by atoms with van der Waals surface area (Å²) >= 11 is 0. The van der Waals surface area contributed by atoms with E-state index >= 15 is 0 Å². The summed E-state index contributed by atoms with van der Waals surface area (Å²) in [6.45, 7) is 2.99. The highest BCUT2D eigenvalue weighted by Crippen LogP contribution is 2.37. The fourth-order valence-corrected chi connectivity index (χ4v) is 3.01. The lowest BCUT2D eigenvalue weighted by molar-refractivity contribution is 0.415. The molecule has 106 valence electrons. The van der Waals surface area contributed by atoms with Gasteiger partial charge in [0.2, 0.25) is 0 Å². The van der Waals surface area contributed by atoms with Crippen LogP contribution in [0.4, 0.5) is 0 Å². The molecular weight excluding hydrogens is 260 g/mol. The second-order valence-corrected chi connectivity index (χ2v) is 6.05. The number of hydrogen-bond acceptors (Lipinski definition) is 2. The van der Waals surface area contributed by atoms with Gasteiger partial charge in [0.15, 0.2) is 5.88 Å². The number of benzene rings is 1. The zero-order valence-corrected chi connectivity index (χ0v) is 12.1. The molecule has 0 unspecified atom stereocenters. The van der Waals surface area contributed by atoms with Crippen molar-refractivity contribution in [3.63, 3.8) is 0 Å². The molecule has 21 heavy (non-hydrogen) atoms. The molecule has 0 spiro atoms. The fourth-order valence-electron chi connectivity index (χ4n) is 3.01. The first kappa shape index (κ1) is 12.5. The number of aromatic hydroxyl groups is 1. The predicted octanol–water partition coefficient (Wildman–Crippen LogP) is 4.13. The van der Waals surface area contributed by atoms with Gasteiger partial charge in [0, 0.05) is 41.5 Å². The molecule has 4 rings (SSSR count). The highest BCUT2D eigenvalue weighted by atomic mass is 16.3. The third-order valence-electron chi connectivity index (χ3n) is 4.30. The number of nitrogens with zero attached hydrogens (tertiary/aromatic N) is 2. The topological polar surface area (TPSA) is 38.0 Å². The maximum atomic E-state index is 10.5. The van der Waals surface area contributed by atoms with Crippen molar-refractivity contribution in [1.29, 1.82) is 0 Å². The number of fused-ring (bicyclic) bond motifs is 1. The van der Waals surface area contributed by atoms with Crippen LogP contribution in [0.5, 0.6) is 5.88 Å². The van der Waals surface area contributed by atoms with E-state index in [1.165, 1.54) is 12.8 Å². The van der Waals surface area contributed by atoms with Gasteiger partial charge in [-0.3, -0.25) is 4.98 Å². The van der Waals surface area contributed by atoms with Crippen molar-refractivity contribution in [1.82, 2.24) is 9.55 Å². The van der Waals surface area contributed by atoms with Crippen molar-refractivity contribution in [2.45, 2.75) is 26.3 Å². The van der Waals surface area contributed by atoms with Crippen molar-refractivity contribution in [2.75, 3.05) is 0 Å². The van der Waals surface area contributed by atoms with Gasteiger partial charge >= 0.3 is 0 Å². The number of rotatable bonds is 3. The molecule has 1 aliphatic rings. The molecule has 1 saturated carbocycles. The van der Waals surface area contributed by atoms with Crippen molar-refractivity contribution in [3.05, 3.63) is 48.4 Å². The van der Waals surface area contributed by atoms with Gasteiger partial charge in [-0.25, -0.2) is 0 Å². The minimum Gasteiger partial charge on any atom is -0.494 e. The van der Waals surface area contributed by atoms with E-state index in [1.54, 1.807) is 6.20 Å². The van der Waals surface area contributed by atoms with Crippen LogP contribution in [0.25, 0.3) is 21.9 Å². The maximum absolute atomic E-state index is 10.5. The molecule has 2 heterocycles. The molecule has 1 N–H and O–H groups in total. The molecule has 3 aromatic rings. The number of pyridine rings is 1. The molecule has 1 aromatic carbocycles. The monoisotopic (exact) mass is 278 g/mol. The summed E-state index contributed by atoms with van der Waals surface area (Å²) in [6.07, 6.45) is 8.31. The number of aryl methyl sites for hydroxylation is 1. The van der Waals surface area contributed by atoms with Crippen LogP contribution in [0.15, 0.2) is 42.9 Å². The summed E-state index contributed by atoms with van der Waals surface area (Å²) in [5, 5.41) is 12.5. The van der Waals surface area contributed by atoms with Gasteiger partial charge in [0.05, 0.1) is 0 Å². The Morgan fingerprint density at radius 3 is 2.86 bits per heavy atom. The van der Waals surface area contributed by atoms with E-state index < -0.39 is 0 Å². The average molecular weight is 278 g/mol. The first-order valence-electron chi connectivity index (χ1n) is 7.45. The number of aromatic nitrogens is 2. The van der Waals surface area contributed by atoms with E-state index in [-0.39, 0.29) is 0 Å². The predicted molar refractivity (Wildman–Crippen MR) is 84.3 cm³/mol. The summed E-state index contributed by atoms with van der Waals surface area (Å²) in [5.74, 6) is 1.16. The normalized spacial score (nSPS) is 14.7. The van der Waals surface area contributed by atoms with E-state index in [0.29, 0.717) is 5.88 Å². The standard InChI is InChI=1S/C18H18N2O/c1-12-7-15(14-3-2-6-19-9-14)8-16-11-20(10-13-4-5-13)18(21)17(12)16/h2-3,6-9,11,13,21H,4-5,10H2,1H3. The zero-order chi connectivity index (χ0) is 14.4. The van der Waals surface area contributed by atoms with Gasteiger partial charge in [-0.1, -0.05) is 12.1 Å². The second-order valence-electron chi connectivity index (χ2n) is 6.05. The van der Waals surface area contributed by atoms with Crippen LogP contribution in [0, 0.1) is 12.8 Å². The van der Waals surface area contributed by atoms with Gasteiger partial charge in [0.1, 0.15) is 0 Å². The lowest BCUT2D eigenvalue weighted by Gasteiger charge is -2.05. The summed E-state index contributed by atoms with van der Waals surface area (Å²) in [5.41, 5.74) is 3.37. The Kier molecular flexibility index (Phi) is 2.74. The summed E-state index contributed by atoms with van der Waals surface area (Å²) in [4.78, 5) is 4.19. The molecule has 0 amide bonds. The van der Waals surface area contributed by atoms with E-state index in [9.17, 15) is 5.11 Å². The second kappa shape index (κ2) is 4.62. The Labute approximate surface area is 123 Å². The van der Waals surface area contributed by atoms with Gasteiger partial charge < -0.3 is 9.67 Å². The summed E-state index contributed by atoms with van der Waals surface area (Å²) in [6, 6.07) is 8.28. The molecule has 0 saturated heterocycles. The van der Waals surface area contributed by atoms with Crippen LogP contribution in [-0.2, 0) is 6.54 Å². The highest BCUT2D eigenvalue weighted by Gasteiger charge is 2.23. The lowest BCUT2D eigenvalue weighted by atomic mass is 10.0. The Morgan fingerprint density at radius 2 is 2.14 bits per heavy atom. The highest BCUT2D eigenvalue weighted by molar-refractivity contribution is 5.94. The van der Waals surface area contributed by atoms with Crippen LogP contribution in [0.3, 0.4) is 0 Å². The SMILES string of the molecule is Cc1cc(-c2cccnc2)cc2cn(CC3CC3)c(O)c12. The summed E-state index contributed by atoms with van der Waals surface area (Å²) in [7, 11) is 0. The summed E-state index contributed by atoms with van der Waals surface area (Å²) < 4.78 is 2.00.